The molecule has 0 aliphatic heterocycles. The second-order valence-corrected chi connectivity index (χ2v) is 5.22. The zero-order valence-electron chi connectivity index (χ0n) is 10.8. The quantitative estimate of drug-likeness (QED) is 0.635. The Bertz CT molecular complexity index is 662. The van der Waals surface area contributed by atoms with E-state index >= 15 is 0 Å². The minimum absolute atomic E-state index is 0.0376. The summed E-state index contributed by atoms with van der Waals surface area (Å²) < 4.78 is 13.5. The van der Waals surface area contributed by atoms with Gasteiger partial charge >= 0.3 is 0 Å². The first-order valence-electron chi connectivity index (χ1n) is 6.07. The van der Waals surface area contributed by atoms with Crippen molar-refractivity contribution in [3.8, 4) is 0 Å². The molecule has 0 aliphatic carbocycles. The van der Waals surface area contributed by atoms with Crippen LogP contribution < -0.4 is 5.32 Å². The Hall–Kier alpha value is -1.99. The van der Waals surface area contributed by atoms with Crippen LogP contribution in [0.3, 0.4) is 0 Å². The maximum atomic E-state index is 13.4. The van der Waals surface area contributed by atoms with Crippen LogP contribution in [0.25, 0.3) is 0 Å². The number of nitrogens with one attached hydrogen (secondary N) is 1. The number of anilines is 1. The zero-order chi connectivity index (χ0) is 15.4. The van der Waals surface area contributed by atoms with Gasteiger partial charge in [-0.2, -0.15) is 0 Å². The van der Waals surface area contributed by atoms with Crippen molar-refractivity contribution in [2.45, 2.75) is 13.2 Å². The molecule has 2 aromatic rings. The molecule has 2 N–H and O–H groups in total. The van der Waals surface area contributed by atoms with Gasteiger partial charge in [0, 0.05) is 6.54 Å². The van der Waals surface area contributed by atoms with Crippen LogP contribution in [0.4, 0.5) is 15.8 Å². The monoisotopic (exact) mass is 354 g/mol. The molecule has 5 nitrogen and oxygen atoms in total. The molecule has 0 spiro atoms. The lowest BCUT2D eigenvalue weighted by atomic mass is 10.1. The Morgan fingerprint density at radius 1 is 1.24 bits per heavy atom. The fraction of sp³-hybridized carbons (Fsp3) is 0.143. The smallest absolute Gasteiger partial charge is 0.295 e. The topological polar surface area (TPSA) is 75.4 Å². The Morgan fingerprint density at radius 3 is 2.43 bits per heavy atom. The van der Waals surface area contributed by atoms with Crippen LogP contribution >= 0.6 is 15.9 Å². The number of nitro benzene ring substituents is 1. The van der Waals surface area contributed by atoms with Crippen molar-refractivity contribution >= 4 is 27.3 Å². The van der Waals surface area contributed by atoms with Crippen molar-refractivity contribution in [3.63, 3.8) is 0 Å². The van der Waals surface area contributed by atoms with Crippen LogP contribution in [0.1, 0.15) is 11.1 Å². The van der Waals surface area contributed by atoms with Gasteiger partial charge in [0.05, 0.1) is 22.1 Å². The van der Waals surface area contributed by atoms with Gasteiger partial charge in [-0.1, -0.05) is 24.3 Å². The predicted octanol–water partition coefficient (Wildman–Crippen LogP) is 3.60. The van der Waals surface area contributed by atoms with Crippen LogP contribution in [0.2, 0.25) is 0 Å². The first-order chi connectivity index (χ1) is 10.0. The van der Waals surface area contributed by atoms with E-state index in [0.717, 1.165) is 17.2 Å². The third-order valence-corrected chi connectivity index (χ3v) is 3.53. The maximum absolute atomic E-state index is 13.4. The van der Waals surface area contributed by atoms with Gasteiger partial charge in [0.15, 0.2) is 0 Å². The molecule has 0 saturated heterocycles. The standard InChI is InChI=1S/C14H12BrFN2O3/c15-11-5-13(14(18(20)21)6-12(11)16)17-7-9-1-3-10(8-19)4-2-9/h1-6,17,19H,7-8H2. The zero-order valence-corrected chi connectivity index (χ0v) is 12.4. The Labute approximate surface area is 128 Å². The molecular formula is C14H12BrFN2O3. The van der Waals surface area contributed by atoms with E-state index in [-0.39, 0.29) is 22.5 Å². The van der Waals surface area contributed by atoms with Crippen molar-refractivity contribution < 1.29 is 14.4 Å². The van der Waals surface area contributed by atoms with Gasteiger partial charge in [0.25, 0.3) is 5.69 Å². The van der Waals surface area contributed by atoms with E-state index in [1.807, 2.05) is 12.1 Å². The maximum Gasteiger partial charge on any atom is 0.295 e. The molecule has 0 atom stereocenters. The van der Waals surface area contributed by atoms with Gasteiger partial charge in [-0.25, -0.2) is 4.39 Å². The number of benzene rings is 2. The Kier molecular flexibility index (Phi) is 4.87. The second kappa shape index (κ2) is 6.64. The van der Waals surface area contributed by atoms with E-state index in [0.29, 0.717) is 6.54 Å². The van der Waals surface area contributed by atoms with E-state index in [4.69, 9.17) is 5.11 Å². The van der Waals surface area contributed by atoms with E-state index in [1.165, 1.54) is 6.07 Å². The van der Waals surface area contributed by atoms with Crippen molar-refractivity contribution in [2.75, 3.05) is 5.32 Å². The van der Waals surface area contributed by atoms with Crippen LogP contribution in [0, 0.1) is 15.9 Å². The number of rotatable bonds is 5. The fourth-order valence-electron chi connectivity index (χ4n) is 1.79. The first kappa shape index (κ1) is 15.4. The summed E-state index contributed by atoms with van der Waals surface area (Å²) in [7, 11) is 0. The van der Waals surface area contributed by atoms with Crippen LogP contribution in [0.5, 0.6) is 0 Å². The fourth-order valence-corrected chi connectivity index (χ4v) is 2.13. The lowest BCUT2D eigenvalue weighted by Gasteiger charge is -2.09. The summed E-state index contributed by atoms with van der Waals surface area (Å²) in [5, 5.41) is 22.8. The highest BCUT2D eigenvalue weighted by atomic mass is 79.9. The summed E-state index contributed by atoms with van der Waals surface area (Å²) in [5.41, 5.74) is 1.60. The molecule has 0 bridgehead atoms. The van der Waals surface area contributed by atoms with Gasteiger partial charge in [-0.15, -0.1) is 0 Å². The number of aliphatic hydroxyl groups is 1. The number of hydrogen-bond acceptors (Lipinski definition) is 4. The predicted molar refractivity (Wildman–Crippen MR) is 80.4 cm³/mol. The molecule has 0 saturated carbocycles. The normalized spacial score (nSPS) is 10.4. The highest BCUT2D eigenvalue weighted by Gasteiger charge is 2.17. The number of nitro groups is 1. The van der Waals surface area contributed by atoms with Gasteiger partial charge in [-0.3, -0.25) is 10.1 Å². The lowest BCUT2D eigenvalue weighted by Crippen LogP contribution is -2.03. The minimum Gasteiger partial charge on any atom is -0.392 e. The third-order valence-electron chi connectivity index (χ3n) is 2.92. The largest absolute Gasteiger partial charge is 0.392 e. The molecule has 2 rings (SSSR count). The molecule has 110 valence electrons. The van der Waals surface area contributed by atoms with Crippen LogP contribution in [-0.2, 0) is 13.2 Å². The Morgan fingerprint density at radius 2 is 1.86 bits per heavy atom. The minimum atomic E-state index is -0.681. The van der Waals surface area contributed by atoms with Gasteiger partial charge in [0.1, 0.15) is 11.5 Å². The molecule has 0 heterocycles. The summed E-state index contributed by atoms with van der Waals surface area (Å²) >= 11 is 3.01. The summed E-state index contributed by atoms with van der Waals surface area (Å²) in [5.74, 6) is -0.681. The molecule has 0 amide bonds. The average Bonchev–Trinajstić information content (AvgIpc) is 2.48. The van der Waals surface area contributed by atoms with Crippen molar-refractivity contribution in [3.05, 3.63) is 67.9 Å². The molecule has 0 unspecified atom stereocenters. The molecular weight excluding hydrogens is 343 g/mol. The summed E-state index contributed by atoms with van der Waals surface area (Å²) in [6, 6.07) is 9.38. The van der Waals surface area contributed by atoms with Crippen molar-refractivity contribution in [2.24, 2.45) is 0 Å². The highest BCUT2D eigenvalue weighted by molar-refractivity contribution is 9.10. The highest BCUT2D eigenvalue weighted by Crippen LogP contribution is 2.30. The van der Waals surface area contributed by atoms with E-state index < -0.39 is 10.7 Å². The van der Waals surface area contributed by atoms with Crippen molar-refractivity contribution in [1.82, 2.24) is 0 Å². The lowest BCUT2D eigenvalue weighted by molar-refractivity contribution is -0.384. The summed E-state index contributed by atoms with van der Waals surface area (Å²) in [6.45, 7) is 0.314. The Balaban J connectivity index is 2.18. The molecule has 0 fully saturated rings. The van der Waals surface area contributed by atoms with Gasteiger partial charge < -0.3 is 10.4 Å². The van der Waals surface area contributed by atoms with Gasteiger partial charge in [0.2, 0.25) is 0 Å². The second-order valence-electron chi connectivity index (χ2n) is 4.37. The SMILES string of the molecule is O=[N+]([O-])c1cc(F)c(Br)cc1NCc1ccc(CO)cc1. The van der Waals surface area contributed by atoms with E-state index in [9.17, 15) is 14.5 Å². The number of halogens is 2. The number of hydrogen-bond donors (Lipinski definition) is 2. The summed E-state index contributed by atoms with van der Waals surface area (Å²) in [4.78, 5) is 10.3. The molecule has 7 heteroatoms. The summed E-state index contributed by atoms with van der Waals surface area (Å²) in [6.07, 6.45) is 0. The average molecular weight is 355 g/mol. The molecule has 0 radical (unpaired) electrons. The van der Waals surface area contributed by atoms with E-state index in [1.54, 1.807) is 12.1 Å². The first-order valence-corrected chi connectivity index (χ1v) is 6.86. The third kappa shape index (κ3) is 3.77. The van der Waals surface area contributed by atoms with Gasteiger partial charge in [-0.05, 0) is 33.1 Å². The number of nitrogens with zero attached hydrogens (tertiary/aromatic N) is 1. The van der Waals surface area contributed by atoms with Crippen LogP contribution in [-0.4, -0.2) is 10.0 Å². The van der Waals surface area contributed by atoms with Crippen molar-refractivity contribution in [1.29, 1.82) is 0 Å². The molecule has 2 aromatic carbocycles. The number of aliphatic hydroxyl groups excluding tert-OH is 1. The van der Waals surface area contributed by atoms with E-state index in [2.05, 4.69) is 21.2 Å². The molecule has 21 heavy (non-hydrogen) atoms. The molecule has 0 aliphatic rings. The van der Waals surface area contributed by atoms with Crippen LogP contribution in [0.15, 0.2) is 40.9 Å². The molecule has 0 aromatic heterocycles.